The van der Waals surface area contributed by atoms with E-state index in [1.165, 1.54) is 0 Å². The minimum atomic E-state index is 0.180. The van der Waals surface area contributed by atoms with Crippen LogP contribution in [0.2, 0.25) is 0 Å². The van der Waals surface area contributed by atoms with Crippen molar-refractivity contribution in [2.24, 2.45) is 0 Å². The van der Waals surface area contributed by atoms with E-state index in [0.29, 0.717) is 0 Å². The number of rotatable bonds is 7. The molecule has 1 N–H and O–H groups in total. The van der Waals surface area contributed by atoms with Crippen molar-refractivity contribution in [1.29, 1.82) is 0 Å². The van der Waals surface area contributed by atoms with Crippen LogP contribution in [0, 0.1) is 6.92 Å². The van der Waals surface area contributed by atoms with Gasteiger partial charge in [0.15, 0.2) is 0 Å². The van der Waals surface area contributed by atoms with E-state index in [1.54, 1.807) is 0 Å². The number of aromatic nitrogens is 4. The van der Waals surface area contributed by atoms with Gasteiger partial charge < -0.3 is 9.88 Å². The molecular weight excluding hydrogens is 250 g/mol. The fourth-order valence-electron chi connectivity index (χ4n) is 2.35. The lowest BCUT2D eigenvalue weighted by molar-refractivity contribution is 0.504. The molecule has 2 aromatic rings. The van der Waals surface area contributed by atoms with Crippen molar-refractivity contribution in [2.45, 2.75) is 46.2 Å². The van der Waals surface area contributed by atoms with Gasteiger partial charge in [-0.05, 0) is 26.0 Å². The fourth-order valence-corrected chi connectivity index (χ4v) is 2.35. The highest BCUT2D eigenvalue weighted by Crippen LogP contribution is 2.16. The molecule has 0 aliphatic carbocycles. The molecule has 1 atom stereocenters. The summed E-state index contributed by atoms with van der Waals surface area (Å²) in [5, 5.41) is 3.49. The molecule has 0 aliphatic heterocycles. The summed E-state index contributed by atoms with van der Waals surface area (Å²) in [6.07, 6.45) is 7.70. The van der Waals surface area contributed by atoms with E-state index >= 15 is 0 Å². The molecule has 0 fully saturated rings. The van der Waals surface area contributed by atoms with Crippen molar-refractivity contribution in [2.75, 3.05) is 6.54 Å². The lowest BCUT2D eigenvalue weighted by Gasteiger charge is -2.18. The Bertz CT molecular complexity index is 535. The quantitative estimate of drug-likeness (QED) is 0.841. The molecule has 0 aliphatic rings. The lowest BCUT2D eigenvalue weighted by atomic mass is 10.1. The summed E-state index contributed by atoms with van der Waals surface area (Å²) in [4.78, 5) is 13.2. The van der Waals surface area contributed by atoms with Gasteiger partial charge in [0.2, 0.25) is 0 Å². The maximum atomic E-state index is 4.54. The second kappa shape index (κ2) is 7.14. The van der Waals surface area contributed by atoms with Gasteiger partial charge in [-0.25, -0.2) is 15.0 Å². The first-order valence-corrected chi connectivity index (χ1v) is 7.27. The summed E-state index contributed by atoms with van der Waals surface area (Å²) in [5.41, 5.74) is 1.03. The van der Waals surface area contributed by atoms with Gasteiger partial charge in [0.05, 0.1) is 11.7 Å². The Hall–Kier alpha value is -1.75. The predicted octanol–water partition coefficient (Wildman–Crippen LogP) is 2.28. The Balaban J connectivity index is 2.18. The number of likely N-dealkylation sites (N-methyl/N-ethyl adjacent to an activating group) is 1. The number of hydrogen-bond donors (Lipinski definition) is 1. The number of aryl methyl sites for hydroxylation is 2. The van der Waals surface area contributed by atoms with E-state index in [9.17, 15) is 0 Å². The normalized spacial score (nSPS) is 12.6. The molecule has 0 amide bonds. The van der Waals surface area contributed by atoms with E-state index < -0.39 is 0 Å². The number of imidazole rings is 1. The summed E-state index contributed by atoms with van der Waals surface area (Å²) in [7, 11) is 0. The summed E-state index contributed by atoms with van der Waals surface area (Å²) in [6, 6.07) is 2.16. The first-order chi connectivity index (χ1) is 9.74. The molecule has 20 heavy (non-hydrogen) atoms. The van der Waals surface area contributed by atoms with E-state index in [2.05, 4.69) is 38.7 Å². The van der Waals surface area contributed by atoms with Crippen LogP contribution in [-0.2, 0) is 13.0 Å². The van der Waals surface area contributed by atoms with Gasteiger partial charge in [0, 0.05) is 31.6 Å². The van der Waals surface area contributed by atoms with Crippen LogP contribution in [0.4, 0.5) is 0 Å². The van der Waals surface area contributed by atoms with Crippen LogP contribution >= 0.6 is 0 Å². The van der Waals surface area contributed by atoms with Gasteiger partial charge >= 0.3 is 0 Å². The maximum absolute atomic E-state index is 4.54. The zero-order chi connectivity index (χ0) is 14.4. The van der Waals surface area contributed by atoms with Gasteiger partial charge in [-0.15, -0.1) is 0 Å². The Labute approximate surface area is 120 Å². The second-order valence-electron chi connectivity index (χ2n) is 4.88. The van der Waals surface area contributed by atoms with Gasteiger partial charge in [-0.1, -0.05) is 13.8 Å². The molecule has 0 aromatic carbocycles. The molecule has 108 valence electrons. The SMILES string of the molecule is CCCn1ccnc1CC(NCC)c1ccnc(C)n1. The topological polar surface area (TPSA) is 55.6 Å². The largest absolute Gasteiger partial charge is 0.335 e. The molecule has 0 radical (unpaired) electrons. The Morgan fingerprint density at radius 1 is 1.25 bits per heavy atom. The van der Waals surface area contributed by atoms with Gasteiger partial charge in [0.25, 0.3) is 0 Å². The minimum Gasteiger partial charge on any atom is -0.335 e. The Morgan fingerprint density at radius 3 is 2.80 bits per heavy atom. The minimum absolute atomic E-state index is 0.180. The van der Waals surface area contributed by atoms with Crippen molar-refractivity contribution < 1.29 is 0 Å². The van der Waals surface area contributed by atoms with Crippen LogP contribution in [-0.4, -0.2) is 26.1 Å². The van der Waals surface area contributed by atoms with Crippen LogP contribution < -0.4 is 5.32 Å². The third-order valence-corrected chi connectivity index (χ3v) is 3.26. The van der Waals surface area contributed by atoms with Crippen molar-refractivity contribution in [3.8, 4) is 0 Å². The maximum Gasteiger partial charge on any atom is 0.125 e. The number of hydrogen-bond acceptors (Lipinski definition) is 4. The smallest absolute Gasteiger partial charge is 0.125 e. The van der Waals surface area contributed by atoms with Crippen LogP contribution in [0.25, 0.3) is 0 Å². The lowest BCUT2D eigenvalue weighted by Crippen LogP contribution is -2.25. The van der Waals surface area contributed by atoms with E-state index in [-0.39, 0.29) is 6.04 Å². The van der Waals surface area contributed by atoms with Crippen LogP contribution in [0.3, 0.4) is 0 Å². The molecule has 0 saturated heterocycles. The molecule has 2 rings (SSSR count). The third-order valence-electron chi connectivity index (χ3n) is 3.26. The standard InChI is InChI=1S/C15H23N5/c1-4-9-20-10-8-18-15(20)11-14(16-5-2)13-6-7-17-12(3)19-13/h6-8,10,14,16H,4-5,9,11H2,1-3H3. The summed E-state index contributed by atoms with van der Waals surface area (Å²) < 4.78 is 2.22. The molecular formula is C15H23N5. The zero-order valence-corrected chi connectivity index (χ0v) is 12.5. The fraction of sp³-hybridized carbons (Fsp3) is 0.533. The average molecular weight is 273 g/mol. The molecule has 5 nitrogen and oxygen atoms in total. The predicted molar refractivity (Wildman–Crippen MR) is 79.4 cm³/mol. The third kappa shape index (κ3) is 3.63. The molecule has 2 aromatic heterocycles. The molecule has 0 saturated carbocycles. The average Bonchev–Trinajstić information content (AvgIpc) is 2.86. The number of nitrogens with zero attached hydrogens (tertiary/aromatic N) is 4. The zero-order valence-electron chi connectivity index (χ0n) is 12.5. The summed E-state index contributed by atoms with van der Waals surface area (Å²) in [5.74, 6) is 1.91. The van der Waals surface area contributed by atoms with E-state index in [1.807, 2.05) is 31.6 Å². The van der Waals surface area contributed by atoms with Gasteiger partial charge in [-0.3, -0.25) is 0 Å². The van der Waals surface area contributed by atoms with Gasteiger partial charge in [0.1, 0.15) is 11.6 Å². The molecule has 0 bridgehead atoms. The van der Waals surface area contributed by atoms with E-state index in [0.717, 1.165) is 43.3 Å². The van der Waals surface area contributed by atoms with E-state index in [4.69, 9.17) is 0 Å². The van der Waals surface area contributed by atoms with Gasteiger partial charge in [-0.2, -0.15) is 0 Å². The van der Waals surface area contributed by atoms with Crippen LogP contribution in [0.15, 0.2) is 24.7 Å². The molecule has 0 spiro atoms. The highest BCUT2D eigenvalue weighted by Gasteiger charge is 2.15. The van der Waals surface area contributed by atoms with Crippen LogP contribution in [0.5, 0.6) is 0 Å². The first kappa shape index (κ1) is 14.7. The van der Waals surface area contributed by atoms with Crippen molar-refractivity contribution in [3.63, 3.8) is 0 Å². The molecule has 5 heteroatoms. The van der Waals surface area contributed by atoms with Crippen molar-refractivity contribution in [3.05, 3.63) is 42.0 Å². The summed E-state index contributed by atoms with van der Waals surface area (Å²) in [6.45, 7) is 8.13. The van der Waals surface area contributed by atoms with Crippen molar-refractivity contribution in [1.82, 2.24) is 24.8 Å². The first-order valence-electron chi connectivity index (χ1n) is 7.27. The Morgan fingerprint density at radius 2 is 2.10 bits per heavy atom. The highest BCUT2D eigenvalue weighted by atomic mass is 15.1. The Kier molecular flexibility index (Phi) is 5.24. The summed E-state index contributed by atoms with van der Waals surface area (Å²) >= 11 is 0. The molecule has 2 heterocycles. The highest BCUT2D eigenvalue weighted by molar-refractivity contribution is 5.10. The number of nitrogens with one attached hydrogen (secondary N) is 1. The van der Waals surface area contributed by atoms with Crippen molar-refractivity contribution >= 4 is 0 Å². The monoisotopic (exact) mass is 273 g/mol. The molecule has 1 unspecified atom stereocenters. The second-order valence-corrected chi connectivity index (χ2v) is 4.88. The van der Waals surface area contributed by atoms with Crippen LogP contribution in [0.1, 0.15) is 43.7 Å².